The van der Waals surface area contributed by atoms with Gasteiger partial charge in [0.05, 0.1) is 0 Å². The Balaban J connectivity index is 1.43. The molecule has 5 nitrogen and oxygen atoms in total. The highest BCUT2D eigenvalue weighted by Gasteiger charge is 2.23. The van der Waals surface area contributed by atoms with Gasteiger partial charge in [-0.25, -0.2) is 4.79 Å². The predicted octanol–water partition coefficient (Wildman–Crippen LogP) is 4.81. The summed E-state index contributed by atoms with van der Waals surface area (Å²) in [5.74, 6) is -0.0953. The smallest absolute Gasteiger partial charge is 0.321 e. The van der Waals surface area contributed by atoms with Crippen LogP contribution in [-0.4, -0.2) is 36.0 Å². The van der Waals surface area contributed by atoms with Gasteiger partial charge in [0.15, 0.2) is 0 Å². The number of nitrogens with one attached hydrogen (secondary N) is 2. The molecule has 30 heavy (non-hydrogen) atoms. The summed E-state index contributed by atoms with van der Waals surface area (Å²) in [5, 5.41) is 5.96. The Morgan fingerprint density at radius 2 is 1.60 bits per heavy atom. The van der Waals surface area contributed by atoms with Crippen LogP contribution in [-0.2, 0) is 10.2 Å². The maximum absolute atomic E-state index is 12.4. The van der Waals surface area contributed by atoms with Crippen LogP contribution >= 0.6 is 0 Å². The van der Waals surface area contributed by atoms with Crippen molar-refractivity contribution in [1.29, 1.82) is 0 Å². The lowest BCUT2D eigenvalue weighted by Crippen LogP contribution is -2.47. The Labute approximate surface area is 179 Å². The molecule has 1 aliphatic rings. The maximum Gasteiger partial charge on any atom is 0.321 e. The van der Waals surface area contributed by atoms with Crippen molar-refractivity contribution in [2.24, 2.45) is 0 Å². The second-order valence-electron chi connectivity index (χ2n) is 8.77. The third kappa shape index (κ3) is 6.21. The van der Waals surface area contributed by atoms with Gasteiger partial charge >= 0.3 is 6.03 Å². The molecule has 3 rings (SSSR count). The average molecular weight is 406 g/mol. The van der Waals surface area contributed by atoms with Crippen LogP contribution in [0.3, 0.4) is 0 Å². The summed E-state index contributed by atoms with van der Waals surface area (Å²) < 4.78 is 0. The Kier molecular flexibility index (Phi) is 6.93. The monoisotopic (exact) mass is 405 g/mol. The van der Waals surface area contributed by atoms with Gasteiger partial charge in [-0.15, -0.1) is 0 Å². The SMILES string of the molecule is CC(C)(C)c1ccc(/C=C/C(=O)NC2CCN(C(=O)Nc3ccccc3)CC2)cc1. The zero-order valence-corrected chi connectivity index (χ0v) is 18.0. The van der Waals surface area contributed by atoms with Crippen molar-refractivity contribution in [1.82, 2.24) is 10.2 Å². The van der Waals surface area contributed by atoms with E-state index in [4.69, 9.17) is 0 Å². The molecule has 5 heteroatoms. The van der Waals surface area contributed by atoms with Crippen molar-refractivity contribution in [2.75, 3.05) is 18.4 Å². The Morgan fingerprint density at radius 3 is 2.20 bits per heavy atom. The van der Waals surface area contributed by atoms with Crippen LogP contribution in [0.2, 0.25) is 0 Å². The molecule has 0 unspecified atom stereocenters. The number of likely N-dealkylation sites (tertiary alicyclic amines) is 1. The lowest BCUT2D eigenvalue weighted by molar-refractivity contribution is -0.117. The van der Waals surface area contributed by atoms with Gasteiger partial charge in [0.2, 0.25) is 5.91 Å². The first-order chi connectivity index (χ1) is 14.3. The summed E-state index contributed by atoms with van der Waals surface area (Å²) in [6, 6.07) is 17.7. The number of carbonyl (C=O) groups is 2. The molecule has 1 aliphatic heterocycles. The van der Waals surface area contributed by atoms with Gasteiger partial charge in [-0.1, -0.05) is 63.2 Å². The number of benzene rings is 2. The van der Waals surface area contributed by atoms with Gasteiger partial charge in [0.1, 0.15) is 0 Å². The number of urea groups is 1. The number of piperidine rings is 1. The lowest BCUT2D eigenvalue weighted by Gasteiger charge is -2.32. The molecule has 0 atom stereocenters. The minimum Gasteiger partial charge on any atom is -0.350 e. The third-order valence-electron chi connectivity index (χ3n) is 5.36. The summed E-state index contributed by atoms with van der Waals surface area (Å²) in [6.07, 6.45) is 4.93. The van der Waals surface area contributed by atoms with Gasteiger partial charge < -0.3 is 15.5 Å². The van der Waals surface area contributed by atoms with E-state index in [-0.39, 0.29) is 23.4 Å². The van der Waals surface area contributed by atoms with Crippen LogP contribution in [0.1, 0.15) is 44.7 Å². The molecule has 3 amide bonds. The van der Waals surface area contributed by atoms with E-state index in [1.165, 1.54) is 5.56 Å². The minimum absolute atomic E-state index is 0.0891. The van der Waals surface area contributed by atoms with Crippen molar-refractivity contribution < 1.29 is 9.59 Å². The second-order valence-corrected chi connectivity index (χ2v) is 8.77. The van der Waals surface area contributed by atoms with E-state index >= 15 is 0 Å². The van der Waals surface area contributed by atoms with Crippen molar-refractivity contribution in [3.05, 3.63) is 71.8 Å². The van der Waals surface area contributed by atoms with Crippen LogP contribution in [0.5, 0.6) is 0 Å². The number of anilines is 1. The van der Waals surface area contributed by atoms with Gasteiger partial charge in [0.25, 0.3) is 0 Å². The standard InChI is InChI=1S/C25H31N3O2/c1-25(2,3)20-12-9-19(10-13-20)11-14-23(29)26-22-15-17-28(18-16-22)24(30)27-21-7-5-4-6-8-21/h4-14,22H,15-18H2,1-3H3,(H,26,29)(H,27,30)/b14-11+. The molecule has 0 radical (unpaired) electrons. The summed E-state index contributed by atoms with van der Waals surface area (Å²) >= 11 is 0. The van der Waals surface area contributed by atoms with Gasteiger partial charge in [-0.05, 0) is 47.6 Å². The van der Waals surface area contributed by atoms with Crippen LogP contribution in [0, 0.1) is 0 Å². The zero-order valence-electron chi connectivity index (χ0n) is 18.0. The Hall–Kier alpha value is -3.08. The quantitative estimate of drug-likeness (QED) is 0.717. The van der Waals surface area contributed by atoms with Crippen molar-refractivity contribution >= 4 is 23.7 Å². The lowest BCUT2D eigenvalue weighted by atomic mass is 9.87. The first-order valence-corrected chi connectivity index (χ1v) is 10.5. The first-order valence-electron chi connectivity index (χ1n) is 10.5. The number of hydrogen-bond donors (Lipinski definition) is 2. The summed E-state index contributed by atoms with van der Waals surface area (Å²) in [7, 11) is 0. The molecule has 2 aromatic rings. The topological polar surface area (TPSA) is 61.4 Å². The van der Waals surface area contributed by atoms with Crippen molar-refractivity contribution in [3.8, 4) is 0 Å². The normalized spacial score (nSPS) is 15.2. The van der Waals surface area contributed by atoms with Crippen LogP contribution in [0.4, 0.5) is 10.5 Å². The molecule has 158 valence electrons. The first kappa shape index (κ1) is 21.6. The number of carbonyl (C=O) groups excluding carboxylic acids is 2. The fourth-order valence-electron chi connectivity index (χ4n) is 3.47. The molecular weight excluding hydrogens is 374 g/mol. The minimum atomic E-state index is -0.0953. The van der Waals surface area contributed by atoms with E-state index < -0.39 is 0 Å². The van der Waals surface area contributed by atoms with Gasteiger partial charge in [-0.2, -0.15) is 0 Å². The fourth-order valence-corrected chi connectivity index (χ4v) is 3.47. The van der Waals surface area contributed by atoms with E-state index in [0.29, 0.717) is 13.1 Å². The second kappa shape index (κ2) is 9.61. The highest BCUT2D eigenvalue weighted by Crippen LogP contribution is 2.22. The molecular formula is C25H31N3O2. The number of nitrogens with zero attached hydrogens (tertiary/aromatic N) is 1. The molecule has 0 saturated carbocycles. The van der Waals surface area contributed by atoms with Gasteiger partial charge in [0, 0.05) is 30.9 Å². The molecule has 1 saturated heterocycles. The summed E-state index contributed by atoms with van der Waals surface area (Å²) in [5.41, 5.74) is 3.18. The van der Waals surface area contributed by atoms with Crippen molar-refractivity contribution in [3.63, 3.8) is 0 Å². The molecule has 0 aliphatic carbocycles. The highest BCUT2D eigenvalue weighted by atomic mass is 16.2. The van der Waals surface area contributed by atoms with Gasteiger partial charge in [-0.3, -0.25) is 4.79 Å². The molecule has 2 N–H and O–H groups in total. The molecule has 1 heterocycles. The summed E-state index contributed by atoms with van der Waals surface area (Å²) in [4.78, 5) is 26.4. The van der Waals surface area contributed by atoms with E-state index in [9.17, 15) is 9.59 Å². The molecule has 2 aromatic carbocycles. The van der Waals surface area contributed by atoms with E-state index in [1.807, 2.05) is 48.5 Å². The van der Waals surface area contributed by atoms with E-state index in [1.54, 1.807) is 11.0 Å². The van der Waals surface area contributed by atoms with Crippen LogP contribution < -0.4 is 10.6 Å². The molecule has 0 bridgehead atoms. The van der Waals surface area contributed by atoms with Crippen molar-refractivity contribution in [2.45, 2.75) is 45.1 Å². The number of hydrogen-bond acceptors (Lipinski definition) is 2. The fraction of sp³-hybridized carbons (Fsp3) is 0.360. The number of para-hydroxylation sites is 1. The number of amides is 3. The Morgan fingerprint density at radius 1 is 0.967 bits per heavy atom. The molecule has 0 spiro atoms. The maximum atomic E-state index is 12.4. The molecule has 0 aromatic heterocycles. The number of rotatable bonds is 4. The predicted molar refractivity (Wildman–Crippen MR) is 122 cm³/mol. The molecule has 1 fully saturated rings. The Bertz CT molecular complexity index is 875. The largest absolute Gasteiger partial charge is 0.350 e. The summed E-state index contributed by atoms with van der Waals surface area (Å²) in [6.45, 7) is 7.80. The third-order valence-corrected chi connectivity index (χ3v) is 5.36. The zero-order chi connectivity index (χ0) is 21.6. The van der Waals surface area contributed by atoms with E-state index in [0.717, 1.165) is 24.1 Å². The van der Waals surface area contributed by atoms with E-state index in [2.05, 4.69) is 43.5 Å². The average Bonchev–Trinajstić information content (AvgIpc) is 2.73. The van der Waals surface area contributed by atoms with Crippen LogP contribution in [0.25, 0.3) is 6.08 Å². The van der Waals surface area contributed by atoms with Crippen LogP contribution in [0.15, 0.2) is 60.7 Å². The highest BCUT2D eigenvalue weighted by molar-refractivity contribution is 5.92.